The molecule has 6 heteroatoms. The minimum atomic E-state index is -0.658. The summed E-state index contributed by atoms with van der Waals surface area (Å²) < 4.78 is 0. The molecule has 0 bridgehead atoms. The first kappa shape index (κ1) is 17.2. The lowest BCUT2D eigenvalue weighted by Gasteiger charge is -2.06. The number of carbonyl (C=O) groups is 2. The molecule has 0 spiro atoms. The fourth-order valence-corrected chi connectivity index (χ4v) is 3.74. The van der Waals surface area contributed by atoms with Crippen molar-refractivity contribution in [2.45, 2.75) is 13.8 Å². The molecule has 0 fully saturated rings. The van der Waals surface area contributed by atoms with Crippen LogP contribution in [0.2, 0.25) is 0 Å². The van der Waals surface area contributed by atoms with Crippen molar-refractivity contribution < 1.29 is 9.59 Å². The monoisotopic (exact) mass is 375 g/mol. The van der Waals surface area contributed by atoms with Crippen molar-refractivity contribution in [3.63, 3.8) is 0 Å². The number of aromatic amines is 1. The molecule has 1 amide bonds. The van der Waals surface area contributed by atoms with E-state index in [2.05, 4.69) is 15.3 Å². The summed E-state index contributed by atoms with van der Waals surface area (Å²) in [7, 11) is 0. The van der Waals surface area contributed by atoms with Gasteiger partial charge in [-0.1, -0.05) is 30.3 Å². The maximum absolute atomic E-state index is 12.8. The first-order valence-corrected chi connectivity index (χ1v) is 9.36. The first-order chi connectivity index (χ1) is 13.0. The van der Waals surface area contributed by atoms with E-state index in [1.807, 2.05) is 54.8 Å². The summed E-state index contributed by atoms with van der Waals surface area (Å²) in [5.41, 5.74) is 4.25. The molecule has 0 saturated carbocycles. The van der Waals surface area contributed by atoms with E-state index in [-0.39, 0.29) is 0 Å². The van der Waals surface area contributed by atoms with E-state index in [1.165, 1.54) is 0 Å². The van der Waals surface area contributed by atoms with Gasteiger partial charge >= 0.3 is 0 Å². The van der Waals surface area contributed by atoms with Crippen molar-refractivity contribution in [2.24, 2.45) is 0 Å². The third-order valence-corrected chi connectivity index (χ3v) is 5.14. The number of nitrogens with one attached hydrogen (secondary N) is 2. The lowest BCUT2D eigenvalue weighted by Crippen LogP contribution is -2.23. The highest BCUT2D eigenvalue weighted by Gasteiger charge is 2.22. The zero-order chi connectivity index (χ0) is 19.0. The molecular formula is C21H17N3O2S. The highest BCUT2D eigenvalue weighted by atomic mass is 32.1. The molecular weight excluding hydrogens is 358 g/mol. The van der Waals surface area contributed by atoms with Gasteiger partial charge in [0, 0.05) is 33.2 Å². The quantitative estimate of drug-likeness (QED) is 0.400. The van der Waals surface area contributed by atoms with Crippen molar-refractivity contribution in [3.05, 3.63) is 70.2 Å². The SMILES string of the molecule is Cc1nc(-c2cccc(NC(=O)C(=O)c3c(C)[nH]c4ccccc34)c2)cs1. The van der Waals surface area contributed by atoms with Crippen molar-refractivity contribution >= 4 is 39.6 Å². The van der Waals surface area contributed by atoms with E-state index in [0.717, 1.165) is 27.2 Å². The maximum Gasteiger partial charge on any atom is 0.296 e. The molecule has 2 aromatic carbocycles. The number of para-hydroxylation sites is 1. The fourth-order valence-electron chi connectivity index (χ4n) is 3.12. The Morgan fingerprint density at radius 2 is 1.89 bits per heavy atom. The number of amides is 1. The van der Waals surface area contributed by atoms with Gasteiger partial charge in [-0.05, 0) is 32.0 Å². The summed E-state index contributed by atoms with van der Waals surface area (Å²) in [5, 5.41) is 6.41. The Morgan fingerprint density at radius 3 is 2.67 bits per heavy atom. The minimum Gasteiger partial charge on any atom is -0.358 e. The number of thiazole rings is 1. The van der Waals surface area contributed by atoms with Gasteiger partial charge in [-0.25, -0.2) is 4.98 Å². The molecule has 0 aliphatic carbocycles. The largest absolute Gasteiger partial charge is 0.358 e. The van der Waals surface area contributed by atoms with Crippen LogP contribution in [0.4, 0.5) is 5.69 Å². The van der Waals surface area contributed by atoms with Crippen LogP contribution in [0, 0.1) is 13.8 Å². The van der Waals surface area contributed by atoms with Crippen LogP contribution in [0.25, 0.3) is 22.2 Å². The number of hydrogen-bond acceptors (Lipinski definition) is 4. The van der Waals surface area contributed by atoms with Crippen LogP contribution in [0.1, 0.15) is 21.1 Å². The Hall–Kier alpha value is -3.25. The molecule has 0 aliphatic heterocycles. The molecule has 0 aliphatic rings. The van der Waals surface area contributed by atoms with Gasteiger partial charge < -0.3 is 10.3 Å². The van der Waals surface area contributed by atoms with Gasteiger partial charge in [0.25, 0.3) is 11.7 Å². The second kappa shape index (κ2) is 6.81. The Bertz CT molecular complexity index is 1170. The van der Waals surface area contributed by atoms with Crippen LogP contribution in [0.3, 0.4) is 0 Å². The fraction of sp³-hybridized carbons (Fsp3) is 0.0952. The van der Waals surface area contributed by atoms with Crippen LogP contribution >= 0.6 is 11.3 Å². The molecule has 134 valence electrons. The van der Waals surface area contributed by atoms with Crippen molar-refractivity contribution in [3.8, 4) is 11.3 Å². The van der Waals surface area contributed by atoms with Crippen LogP contribution in [0.15, 0.2) is 53.9 Å². The third kappa shape index (κ3) is 3.27. The number of aryl methyl sites for hydroxylation is 2. The molecule has 0 radical (unpaired) electrons. The Balaban J connectivity index is 1.60. The second-order valence-corrected chi connectivity index (χ2v) is 7.35. The zero-order valence-corrected chi connectivity index (χ0v) is 15.7. The van der Waals surface area contributed by atoms with Crippen LogP contribution in [-0.2, 0) is 4.79 Å². The van der Waals surface area contributed by atoms with Crippen molar-refractivity contribution in [1.82, 2.24) is 9.97 Å². The molecule has 0 saturated heterocycles. The highest BCUT2D eigenvalue weighted by Crippen LogP contribution is 2.25. The van der Waals surface area contributed by atoms with Crippen LogP contribution < -0.4 is 5.32 Å². The molecule has 5 nitrogen and oxygen atoms in total. The second-order valence-electron chi connectivity index (χ2n) is 6.29. The molecule has 27 heavy (non-hydrogen) atoms. The van der Waals surface area contributed by atoms with Gasteiger partial charge in [-0.3, -0.25) is 9.59 Å². The topological polar surface area (TPSA) is 74.8 Å². The number of hydrogen-bond donors (Lipinski definition) is 2. The Morgan fingerprint density at radius 1 is 1.07 bits per heavy atom. The number of aromatic nitrogens is 2. The maximum atomic E-state index is 12.8. The number of ketones is 1. The Kier molecular flexibility index (Phi) is 4.33. The third-order valence-electron chi connectivity index (χ3n) is 4.36. The van der Waals surface area contributed by atoms with E-state index in [1.54, 1.807) is 24.3 Å². The smallest absolute Gasteiger partial charge is 0.296 e. The van der Waals surface area contributed by atoms with Crippen LogP contribution in [-0.4, -0.2) is 21.7 Å². The van der Waals surface area contributed by atoms with Gasteiger partial charge in [0.1, 0.15) is 0 Å². The number of fused-ring (bicyclic) bond motifs is 1. The number of carbonyl (C=O) groups excluding carboxylic acids is 2. The number of Topliss-reactive ketones (excluding diaryl/α,β-unsaturated/α-hetero) is 1. The Labute approximate surface area is 160 Å². The normalized spacial score (nSPS) is 10.9. The van der Waals surface area contributed by atoms with Crippen molar-refractivity contribution in [2.75, 3.05) is 5.32 Å². The van der Waals surface area contributed by atoms with E-state index in [4.69, 9.17) is 0 Å². The van der Waals surface area contributed by atoms with E-state index < -0.39 is 11.7 Å². The van der Waals surface area contributed by atoms with Gasteiger partial charge in [0.15, 0.2) is 0 Å². The van der Waals surface area contributed by atoms with E-state index in [0.29, 0.717) is 16.9 Å². The molecule has 4 aromatic rings. The summed E-state index contributed by atoms with van der Waals surface area (Å²) in [6.07, 6.45) is 0. The van der Waals surface area contributed by atoms with Gasteiger partial charge in [-0.2, -0.15) is 0 Å². The summed E-state index contributed by atoms with van der Waals surface area (Å²) in [6, 6.07) is 14.8. The van der Waals surface area contributed by atoms with Gasteiger partial charge in [0.05, 0.1) is 16.3 Å². The lowest BCUT2D eigenvalue weighted by molar-refractivity contribution is -0.112. The average Bonchev–Trinajstić information content (AvgIpc) is 3.23. The van der Waals surface area contributed by atoms with Crippen molar-refractivity contribution in [1.29, 1.82) is 0 Å². The number of rotatable bonds is 4. The molecule has 2 N–H and O–H groups in total. The summed E-state index contributed by atoms with van der Waals surface area (Å²) in [4.78, 5) is 32.9. The van der Waals surface area contributed by atoms with E-state index >= 15 is 0 Å². The minimum absolute atomic E-state index is 0.411. The molecule has 2 heterocycles. The standard InChI is InChI=1S/C21H17N3O2S/c1-12-19(16-8-3-4-9-17(16)22-12)20(25)21(26)24-15-7-5-6-14(10-15)18-11-27-13(2)23-18/h3-11,22H,1-2H3,(H,24,26). The number of nitrogens with zero attached hydrogens (tertiary/aromatic N) is 1. The zero-order valence-electron chi connectivity index (χ0n) is 14.9. The summed E-state index contributed by atoms with van der Waals surface area (Å²) in [5.74, 6) is -1.21. The van der Waals surface area contributed by atoms with Crippen LogP contribution in [0.5, 0.6) is 0 Å². The predicted octanol–water partition coefficient (Wildman–Crippen LogP) is 4.73. The number of benzene rings is 2. The molecule has 2 aromatic heterocycles. The average molecular weight is 375 g/mol. The van der Waals surface area contributed by atoms with E-state index in [9.17, 15) is 9.59 Å². The number of H-pyrrole nitrogens is 1. The number of anilines is 1. The first-order valence-electron chi connectivity index (χ1n) is 8.48. The highest BCUT2D eigenvalue weighted by molar-refractivity contribution is 7.09. The van der Waals surface area contributed by atoms with Gasteiger partial charge in [0.2, 0.25) is 0 Å². The molecule has 0 unspecified atom stereocenters. The van der Waals surface area contributed by atoms with Gasteiger partial charge in [-0.15, -0.1) is 11.3 Å². The lowest BCUT2D eigenvalue weighted by atomic mass is 10.1. The predicted molar refractivity (Wildman–Crippen MR) is 108 cm³/mol. The summed E-state index contributed by atoms with van der Waals surface area (Å²) in [6.45, 7) is 3.74. The molecule has 0 atom stereocenters. The molecule has 4 rings (SSSR count). The summed E-state index contributed by atoms with van der Waals surface area (Å²) >= 11 is 1.57.